The minimum atomic E-state index is -1.37. The number of aliphatic hydroxyl groups excluding tert-OH is 12. The molecule has 0 aromatic carbocycles. The molecule has 0 heterocycles. The highest BCUT2D eigenvalue weighted by atomic mass is 16.5. The van der Waals surface area contributed by atoms with E-state index in [-0.39, 0.29) is 32.3 Å². The average molecular weight is 701 g/mol. The summed E-state index contributed by atoms with van der Waals surface area (Å²) in [4.78, 5) is 13.4. The van der Waals surface area contributed by atoms with Gasteiger partial charge < -0.3 is 66.0 Å². The van der Waals surface area contributed by atoms with E-state index in [0.29, 0.717) is 19.3 Å². The van der Waals surface area contributed by atoms with Gasteiger partial charge in [0, 0.05) is 0 Å². The van der Waals surface area contributed by atoms with Crippen LogP contribution in [-0.4, -0.2) is 150 Å². The Hall–Kier alpha value is -1.01. The fraction of sp³-hybridized carbons (Fsp3) is 0.971. The molecule has 0 saturated carbocycles. The van der Waals surface area contributed by atoms with E-state index in [4.69, 9.17) is 14.9 Å². The average Bonchev–Trinajstić information content (AvgIpc) is 3.09. The molecule has 10 unspecified atom stereocenters. The molecule has 0 aromatic rings. The quantitative estimate of drug-likeness (QED) is 0.0300. The summed E-state index contributed by atoms with van der Waals surface area (Å²) in [6.07, 6.45) is 3.36. The first-order valence-electron chi connectivity index (χ1n) is 17.9. The molecule has 0 aliphatic rings. The lowest BCUT2D eigenvalue weighted by molar-refractivity contribution is -0.158. The van der Waals surface area contributed by atoms with Crippen LogP contribution in [0.1, 0.15) is 103 Å². The van der Waals surface area contributed by atoms with Crippen LogP contribution < -0.4 is 0 Å². The summed E-state index contributed by atoms with van der Waals surface area (Å²) in [7, 11) is 0. The summed E-state index contributed by atoms with van der Waals surface area (Å²) in [5.41, 5.74) is 0. The third-order valence-electron chi connectivity index (χ3n) is 9.21. The van der Waals surface area contributed by atoms with Gasteiger partial charge in [0.25, 0.3) is 0 Å². The van der Waals surface area contributed by atoms with E-state index in [2.05, 4.69) is 0 Å². The standard InChI is InChI=1S/C34H68O14/c35-17-25(41)12-10-8-6-4-2-1-3-5-7-9-11-24(13-26(42)18-36)31(14-27(43)19-37)32(15-28(44)20-38)33(16-29(45)21-39)34(47)48-23-30(46)22-40/h24-33,35-46H,1-23H2. The number of hydrogen-bond donors (Lipinski definition) is 12. The molecule has 10 atom stereocenters. The Morgan fingerprint density at radius 1 is 0.417 bits per heavy atom. The zero-order chi connectivity index (χ0) is 36.3. The first-order valence-corrected chi connectivity index (χ1v) is 17.9. The third-order valence-corrected chi connectivity index (χ3v) is 9.21. The topological polar surface area (TPSA) is 269 Å². The lowest BCUT2D eigenvalue weighted by Crippen LogP contribution is -2.42. The number of esters is 1. The molecule has 0 amide bonds. The largest absolute Gasteiger partial charge is 0.463 e. The van der Waals surface area contributed by atoms with Crippen LogP contribution in [0.25, 0.3) is 0 Å². The lowest BCUT2D eigenvalue weighted by atomic mass is 9.66. The first-order chi connectivity index (χ1) is 23.0. The van der Waals surface area contributed by atoms with E-state index in [9.17, 15) is 55.9 Å². The molecule has 14 nitrogen and oxygen atoms in total. The van der Waals surface area contributed by atoms with Crippen LogP contribution in [0.5, 0.6) is 0 Å². The van der Waals surface area contributed by atoms with Crippen molar-refractivity contribution in [3.8, 4) is 0 Å². The number of hydrogen-bond acceptors (Lipinski definition) is 14. The van der Waals surface area contributed by atoms with Crippen molar-refractivity contribution in [3.05, 3.63) is 0 Å². The molecule has 0 rings (SSSR count). The molecular formula is C34H68O14. The maximum atomic E-state index is 13.4. The molecule has 48 heavy (non-hydrogen) atoms. The summed E-state index contributed by atoms with van der Waals surface area (Å²) in [6.45, 7) is -3.92. The van der Waals surface area contributed by atoms with Gasteiger partial charge in [0.05, 0.1) is 76.1 Å². The first kappa shape index (κ1) is 47.0. The van der Waals surface area contributed by atoms with Crippen molar-refractivity contribution >= 4 is 5.97 Å². The van der Waals surface area contributed by atoms with Gasteiger partial charge in [-0.15, -0.1) is 0 Å². The van der Waals surface area contributed by atoms with Gasteiger partial charge in [0.1, 0.15) is 12.7 Å². The van der Waals surface area contributed by atoms with E-state index in [1.807, 2.05) is 0 Å². The maximum Gasteiger partial charge on any atom is 0.309 e. The molecule has 0 bridgehead atoms. The summed E-state index contributed by atoms with van der Waals surface area (Å²) >= 11 is 0. The zero-order valence-electron chi connectivity index (χ0n) is 28.7. The second-order valence-electron chi connectivity index (χ2n) is 13.4. The Kier molecular flexibility index (Phi) is 29.1. The Morgan fingerprint density at radius 2 is 0.792 bits per heavy atom. The Bertz CT molecular complexity index is 747. The highest BCUT2D eigenvalue weighted by molar-refractivity contribution is 5.73. The van der Waals surface area contributed by atoms with Gasteiger partial charge in [-0.3, -0.25) is 4.79 Å². The van der Waals surface area contributed by atoms with Crippen molar-refractivity contribution in [3.63, 3.8) is 0 Å². The summed E-state index contributed by atoms with van der Waals surface area (Å²) < 4.78 is 5.24. The number of rotatable bonds is 33. The minimum Gasteiger partial charge on any atom is -0.463 e. The molecule has 0 aromatic heterocycles. The van der Waals surface area contributed by atoms with Crippen molar-refractivity contribution in [2.45, 2.75) is 139 Å². The second-order valence-corrected chi connectivity index (χ2v) is 13.4. The normalized spacial score (nSPS) is 18.3. The van der Waals surface area contributed by atoms with E-state index in [1.165, 1.54) is 0 Å². The van der Waals surface area contributed by atoms with Crippen LogP contribution in [0.3, 0.4) is 0 Å². The monoisotopic (exact) mass is 700 g/mol. The van der Waals surface area contributed by atoms with Gasteiger partial charge in [0.15, 0.2) is 0 Å². The highest BCUT2D eigenvalue weighted by Crippen LogP contribution is 2.41. The molecule has 0 aliphatic carbocycles. The molecule has 14 heteroatoms. The fourth-order valence-electron chi connectivity index (χ4n) is 6.51. The molecule has 0 saturated heterocycles. The highest BCUT2D eigenvalue weighted by Gasteiger charge is 2.42. The van der Waals surface area contributed by atoms with Crippen molar-refractivity contribution in [2.24, 2.45) is 23.7 Å². The molecular weight excluding hydrogens is 632 g/mol. The smallest absolute Gasteiger partial charge is 0.309 e. The number of ether oxygens (including phenoxy) is 1. The Balaban J connectivity index is 5.81. The van der Waals surface area contributed by atoms with Crippen molar-refractivity contribution in [1.29, 1.82) is 0 Å². The third kappa shape index (κ3) is 21.9. The molecule has 0 aliphatic heterocycles. The van der Waals surface area contributed by atoms with Gasteiger partial charge in [-0.1, -0.05) is 70.6 Å². The molecule has 0 fully saturated rings. The number of carbonyl (C=O) groups is 1. The number of unbranched alkanes of at least 4 members (excludes halogenated alkanes) is 9. The van der Waals surface area contributed by atoms with Crippen LogP contribution >= 0.6 is 0 Å². The Labute approximate surface area is 286 Å². The van der Waals surface area contributed by atoms with Crippen molar-refractivity contribution in [2.75, 3.05) is 46.2 Å². The van der Waals surface area contributed by atoms with Gasteiger partial charge >= 0.3 is 5.97 Å². The molecule has 288 valence electrons. The minimum absolute atomic E-state index is 0.0701. The van der Waals surface area contributed by atoms with Crippen LogP contribution in [0.4, 0.5) is 0 Å². The van der Waals surface area contributed by atoms with Gasteiger partial charge in [0.2, 0.25) is 0 Å². The summed E-state index contributed by atoms with van der Waals surface area (Å²) in [5.74, 6) is -4.10. The zero-order valence-corrected chi connectivity index (χ0v) is 28.7. The SMILES string of the molecule is O=C(OCC(O)CO)C(CC(O)CO)C(CC(O)CO)C(CC(O)CO)C(CCCCCCCCCCCCC(O)CO)CC(O)CO. The van der Waals surface area contributed by atoms with Gasteiger partial charge in [-0.25, -0.2) is 0 Å². The van der Waals surface area contributed by atoms with Gasteiger partial charge in [-0.05, 0) is 49.9 Å². The summed E-state index contributed by atoms with van der Waals surface area (Å²) in [5, 5.41) is 118. The van der Waals surface area contributed by atoms with Crippen molar-refractivity contribution < 1.29 is 70.8 Å². The van der Waals surface area contributed by atoms with E-state index in [1.54, 1.807) is 0 Å². The van der Waals surface area contributed by atoms with Crippen molar-refractivity contribution in [1.82, 2.24) is 0 Å². The van der Waals surface area contributed by atoms with E-state index < -0.39 is 106 Å². The predicted octanol–water partition coefficient (Wildman–Crippen LogP) is -0.645. The fourth-order valence-corrected chi connectivity index (χ4v) is 6.51. The van der Waals surface area contributed by atoms with Gasteiger partial charge in [-0.2, -0.15) is 0 Å². The lowest BCUT2D eigenvalue weighted by Gasteiger charge is -2.40. The maximum absolute atomic E-state index is 13.4. The van der Waals surface area contributed by atoms with Crippen LogP contribution in [0.2, 0.25) is 0 Å². The molecule has 0 spiro atoms. The predicted molar refractivity (Wildman–Crippen MR) is 177 cm³/mol. The molecule has 0 radical (unpaired) electrons. The van der Waals surface area contributed by atoms with Crippen LogP contribution in [0.15, 0.2) is 0 Å². The molecule has 12 N–H and O–H groups in total. The van der Waals surface area contributed by atoms with Crippen LogP contribution in [0, 0.1) is 23.7 Å². The second kappa shape index (κ2) is 29.7. The van der Waals surface area contributed by atoms with Crippen LogP contribution in [-0.2, 0) is 9.53 Å². The summed E-state index contributed by atoms with van der Waals surface area (Å²) in [6, 6.07) is 0. The number of aliphatic hydroxyl groups is 12. The Morgan fingerprint density at radius 3 is 1.25 bits per heavy atom. The van der Waals surface area contributed by atoms with E-state index in [0.717, 1.165) is 57.8 Å². The van der Waals surface area contributed by atoms with E-state index >= 15 is 0 Å². The number of carbonyl (C=O) groups excluding carboxylic acids is 1.